The zero-order valence-corrected chi connectivity index (χ0v) is 7.77. The number of rotatable bonds is 4. The highest BCUT2D eigenvalue weighted by Gasteiger charge is 2.46. The fourth-order valence-corrected chi connectivity index (χ4v) is 0.984. The summed E-state index contributed by atoms with van der Waals surface area (Å²) in [6.45, 7) is 0. The Bertz CT molecular complexity index is 248. The van der Waals surface area contributed by atoms with Gasteiger partial charge in [0.2, 0.25) is 0 Å². The highest BCUT2D eigenvalue weighted by atomic mass is 19.4. The third-order valence-corrected chi connectivity index (χ3v) is 1.84. The Morgan fingerprint density at radius 3 is 1.81 bits per heavy atom. The number of halogens is 6. The number of carbonyl (C=O) groups is 1. The van der Waals surface area contributed by atoms with Crippen molar-refractivity contribution in [1.82, 2.24) is 0 Å². The molecule has 0 bridgehead atoms. The highest BCUT2D eigenvalue weighted by Crippen LogP contribution is 2.35. The van der Waals surface area contributed by atoms with Crippen LogP contribution in [0.5, 0.6) is 0 Å². The minimum Gasteiger partial charge on any atom is -0.481 e. The standard InChI is InChI=1S/C7H9F6NO2/c8-6(9,10)3(2-5(15)16)1-4(14)7(11,12)13/h3-4H,1-2,14H2,(H,15,16)/t3-,4-/m1/s1. The first-order valence-corrected chi connectivity index (χ1v) is 4.05. The number of nitrogens with two attached hydrogens (primary N) is 1. The molecule has 0 aliphatic carbocycles. The molecule has 0 aliphatic heterocycles. The molecule has 0 fully saturated rings. The lowest BCUT2D eigenvalue weighted by Crippen LogP contribution is -2.42. The molecule has 0 rings (SSSR count). The van der Waals surface area contributed by atoms with Gasteiger partial charge in [0.05, 0.1) is 12.3 Å². The Morgan fingerprint density at radius 1 is 1.12 bits per heavy atom. The van der Waals surface area contributed by atoms with E-state index >= 15 is 0 Å². The van der Waals surface area contributed by atoms with Gasteiger partial charge in [-0.2, -0.15) is 26.3 Å². The van der Waals surface area contributed by atoms with Gasteiger partial charge in [-0.3, -0.25) is 4.79 Å². The van der Waals surface area contributed by atoms with E-state index in [0.29, 0.717) is 0 Å². The lowest BCUT2D eigenvalue weighted by atomic mass is 9.96. The fraction of sp³-hybridized carbons (Fsp3) is 0.857. The fourth-order valence-electron chi connectivity index (χ4n) is 0.984. The normalized spacial score (nSPS) is 16.9. The third kappa shape index (κ3) is 5.19. The second kappa shape index (κ2) is 4.89. The summed E-state index contributed by atoms with van der Waals surface area (Å²) in [6.07, 6.45) is -12.9. The number of carboxylic acid groups (broad SMARTS) is 1. The summed E-state index contributed by atoms with van der Waals surface area (Å²) in [5.74, 6) is -4.42. The van der Waals surface area contributed by atoms with Crippen LogP contribution in [0.3, 0.4) is 0 Å². The minimum atomic E-state index is -5.01. The number of hydrogen-bond donors (Lipinski definition) is 2. The number of aliphatic carboxylic acids is 1. The summed E-state index contributed by atoms with van der Waals surface area (Å²) < 4.78 is 72.1. The van der Waals surface area contributed by atoms with Crippen LogP contribution in [-0.4, -0.2) is 29.5 Å². The van der Waals surface area contributed by atoms with Crippen LogP contribution < -0.4 is 5.73 Å². The minimum absolute atomic E-state index is 1.42. The van der Waals surface area contributed by atoms with Crippen LogP contribution in [0.1, 0.15) is 12.8 Å². The van der Waals surface area contributed by atoms with E-state index in [9.17, 15) is 31.1 Å². The maximum Gasteiger partial charge on any atom is 0.403 e. The second-order valence-electron chi connectivity index (χ2n) is 3.22. The van der Waals surface area contributed by atoms with Gasteiger partial charge in [0, 0.05) is 0 Å². The molecule has 0 aromatic heterocycles. The van der Waals surface area contributed by atoms with Gasteiger partial charge in [0.25, 0.3) is 0 Å². The molecule has 0 unspecified atom stereocenters. The Hall–Kier alpha value is -0.990. The van der Waals surface area contributed by atoms with Crippen LogP contribution in [0.15, 0.2) is 0 Å². The quantitative estimate of drug-likeness (QED) is 0.752. The molecule has 0 saturated carbocycles. The average molecular weight is 253 g/mol. The predicted octanol–water partition coefficient (Wildman–Crippen LogP) is 1.92. The summed E-state index contributed by atoms with van der Waals surface area (Å²) in [7, 11) is 0. The molecule has 0 aromatic carbocycles. The summed E-state index contributed by atoms with van der Waals surface area (Å²) in [5.41, 5.74) is 4.51. The van der Waals surface area contributed by atoms with Crippen molar-refractivity contribution in [2.75, 3.05) is 0 Å². The first kappa shape index (κ1) is 15.0. The molecular formula is C7H9F6NO2. The maximum absolute atomic E-state index is 12.1. The Labute approximate surface area is 86.2 Å². The van der Waals surface area contributed by atoms with Crippen molar-refractivity contribution in [3.05, 3.63) is 0 Å². The molecule has 0 saturated heterocycles. The van der Waals surface area contributed by atoms with Gasteiger partial charge < -0.3 is 10.8 Å². The van der Waals surface area contributed by atoms with Crippen molar-refractivity contribution in [1.29, 1.82) is 0 Å². The van der Waals surface area contributed by atoms with Gasteiger partial charge in [-0.25, -0.2) is 0 Å². The number of alkyl halides is 6. The molecule has 0 heterocycles. The molecule has 0 radical (unpaired) electrons. The van der Waals surface area contributed by atoms with Gasteiger partial charge >= 0.3 is 18.3 Å². The van der Waals surface area contributed by atoms with Crippen LogP contribution in [0, 0.1) is 5.92 Å². The monoisotopic (exact) mass is 253 g/mol. The van der Waals surface area contributed by atoms with Crippen molar-refractivity contribution in [2.45, 2.75) is 31.2 Å². The molecule has 0 spiro atoms. The first-order chi connectivity index (χ1) is 6.94. The Balaban J connectivity index is 4.62. The van der Waals surface area contributed by atoms with Crippen molar-refractivity contribution < 1.29 is 36.2 Å². The molecule has 0 aromatic rings. The topological polar surface area (TPSA) is 63.3 Å². The molecule has 0 amide bonds. The molecule has 3 nitrogen and oxygen atoms in total. The van der Waals surface area contributed by atoms with Crippen LogP contribution in [0.2, 0.25) is 0 Å². The second-order valence-corrected chi connectivity index (χ2v) is 3.22. The van der Waals surface area contributed by atoms with E-state index in [-0.39, 0.29) is 0 Å². The van der Waals surface area contributed by atoms with Gasteiger partial charge in [-0.1, -0.05) is 0 Å². The van der Waals surface area contributed by atoms with Gasteiger partial charge in [-0.15, -0.1) is 0 Å². The number of hydrogen-bond acceptors (Lipinski definition) is 2. The van der Waals surface area contributed by atoms with Crippen molar-refractivity contribution in [3.8, 4) is 0 Å². The van der Waals surface area contributed by atoms with Gasteiger partial charge in [-0.05, 0) is 6.42 Å². The molecule has 2 atom stereocenters. The predicted molar refractivity (Wildman–Crippen MR) is 40.4 cm³/mol. The van der Waals surface area contributed by atoms with E-state index in [0.717, 1.165) is 0 Å². The third-order valence-electron chi connectivity index (χ3n) is 1.84. The lowest BCUT2D eigenvalue weighted by molar-refractivity contribution is -0.199. The molecule has 16 heavy (non-hydrogen) atoms. The van der Waals surface area contributed by atoms with E-state index in [1.807, 2.05) is 0 Å². The molecule has 3 N–H and O–H groups in total. The lowest BCUT2D eigenvalue weighted by Gasteiger charge is -2.23. The van der Waals surface area contributed by atoms with E-state index in [1.165, 1.54) is 0 Å². The zero-order valence-electron chi connectivity index (χ0n) is 7.77. The van der Waals surface area contributed by atoms with Crippen LogP contribution in [0.4, 0.5) is 26.3 Å². The largest absolute Gasteiger partial charge is 0.481 e. The van der Waals surface area contributed by atoms with Gasteiger partial charge in [0.1, 0.15) is 6.04 Å². The maximum atomic E-state index is 12.1. The molecular weight excluding hydrogens is 244 g/mol. The van der Waals surface area contributed by atoms with E-state index in [1.54, 1.807) is 0 Å². The summed E-state index contributed by atoms with van der Waals surface area (Å²) >= 11 is 0. The van der Waals surface area contributed by atoms with Crippen LogP contribution in [0.25, 0.3) is 0 Å². The highest BCUT2D eigenvalue weighted by molar-refractivity contribution is 5.67. The van der Waals surface area contributed by atoms with E-state index in [2.05, 4.69) is 5.73 Å². The Morgan fingerprint density at radius 2 is 1.56 bits per heavy atom. The van der Waals surface area contributed by atoms with Crippen LogP contribution >= 0.6 is 0 Å². The summed E-state index contributed by atoms with van der Waals surface area (Å²) in [5, 5.41) is 8.14. The number of carboxylic acids is 1. The van der Waals surface area contributed by atoms with Crippen molar-refractivity contribution in [2.24, 2.45) is 11.7 Å². The summed E-state index contributed by atoms with van der Waals surface area (Å²) in [6, 6.07) is -2.68. The SMILES string of the molecule is N[C@H](C[C@H](CC(=O)O)C(F)(F)F)C(F)(F)F. The molecule has 96 valence electrons. The van der Waals surface area contributed by atoms with E-state index in [4.69, 9.17) is 5.11 Å². The van der Waals surface area contributed by atoms with Crippen molar-refractivity contribution in [3.63, 3.8) is 0 Å². The van der Waals surface area contributed by atoms with E-state index < -0.39 is 43.1 Å². The Kier molecular flexibility index (Phi) is 4.59. The smallest absolute Gasteiger partial charge is 0.403 e. The van der Waals surface area contributed by atoms with Gasteiger partial charge in [0.15, 0.2) is 0 Å². The molecule has 0 aliphatic rings. The van der Waals surface area contributed by atoms with Crippen molar-refractivity contribution >= 4 is 5.97 Å². The average Bonchev–Trinajstić information content (AvgIpc) is 1.98. The zero-order chi connectivity index (χ0) is 13.1. The van der Waals surface area contributed by atoms with Crippen LogP contribution in [-0.2, 0) is 4.79 Å². The first-order valence-electron chi connectivity index (χ1n) is 4.05. The summed E-state index contributed by atoms with van der Waals surface area (Å²) in [4.78, 5) is 10.1. The molecule has 9 heteroatoms.